The monoisotopic (exact) mass is 686 g/mol. The van der Waals surface area contributed by atoms with Crippen molar-refractivity contribution in [3.8, 4) is 11.5 Å². The number of sulfonamides is 2. The van der Waals surface area contributed by atoms with Crippen molar-refractivity contribution >= 4 is 43.4 Å². The Morgan fingerprint density at radius 3 is 1.49 bits per heavy atom. The minimum atomic E-state index is -4.59. The van der Waals surface area contributed by atoms with E-state index < -0.39 is 50.9 Å². The van der Waals surface area contributed by atoms with Crippen molar-refractivity contribution < 1.29 is 50.5 Å². The Bertz CT molecular complexity index is 1980. The molecule has 0 aliphatic rings. The number of carboxylic acids is 2. The van der Waals surface area contributed by atoms with Crippen LogP contribution in [0.2, 0.25) is 0 Å². The third-order valence-electron chi connectivity index (χ3n) is 6.88. The van der Waals surface area contributed by atoms with Gasteiger partial charge in [0.15, 0.2) is 0 Å². The molecule has 0 spiro atoms. The summed E-state index contributed by atoms with van der Waals surface area (Å²) < 4.78 is 81.6. The minimum Gasteiger partial charge on any atom is -0.494 e. The number of hydrogen-bond acceptors (Lipinski definition) is 8. The maximum absolute atomic E-state index is 13.9. The van der Waals surface area contributed by atoms with Crippen LogP contribution >= 0.6 is 0 Å². The van der Waals surface area contributed by atoms with Crippen LogP contribution in [0.4, 0.5) is 15.8 Å². The van der Waals surface area contributed by atoms with Crippen LogP contribution in [-0.4, -0.2) is 59.2 Å². The molecule has 12 nitrogen and oxygen atoms in total. The van der Waals surface area contributed by atoms with Gasteiger partial charge in [-0.25, -0.2) is 21.2 Å². The van der Waals surface area contributed by atoms with Gasteiger partial charge in [-0.15, -0.1) is 0 Å². The maximum Gasteiger partial charge on any atom is 0.324 e. The number of hydrogen-bond donors (Lipinski definition) is 2. The number of aryl methyl sites for hydroxylation is 2. The van der Waals surface area contributed by atoms with Gasteiger partial charge in [-0.2, -0.15) is 0 Å². The molecule has 47 heavy (non-hydrogen) atoms. The lowest BCUT2D eigenvalue weighted by Crippen LogP contribution is -2.37. The van der Waals surface area contributed by atoms with E-state index in [9.17, 15) is 41.0 Å². The number of carboxylic acid groups (broad SMARTS) is 2. The summed E-state index contributed by atoms with van der Waals surface area (Å²) in [6.07, 6.45) is 0. The van der Waals surface area contributed by atoms with Gasteiger partial charge in [0.2, 0.25) is 0 Å². The van der Waals surface area contributed by atoms with Crippen LogP contribution in [0.15, 0.2) is 94.7 Å². The van der Waals surface area contributed by atoms with Gasteiger partial charge in [-0.3, -0.25) is 18.2 Å². The number of carbonyl (C=O) groups is 2. The molecule has 2 N–H and O–H groups in total. The maximum atomic E-state index is 13.9. The molecule has 0 aliphatic heterocycles. The van der Waals surface area contributed by atoms with Gasteiger partial charge in [0.1, 0.15) is 37.0 Å². The van der Waals surface area contributed by atoms with Gasteiger partial charge in [-0.05, 0) is 55.8 Å². The van der Waals surface area contributed by atoms with E-state index in [1.165, 1.54) is 72.8 Å². The van der Waals surface area contributed by atoms with E-state index in [-0.39, 0.29) is 39.3 Å². The number of methoxy groups -OCH3 is 1. The van der Waals surface area contributed by atoms with Crippen LogP contribution in [0.5, 0.6) is 11.5 Å². The Morgan fingerprint density at radius 1 is 0.681 bits per heavy atom. The average Bonchev–Trinajstić information content (AvgIpc) is 3.02. The lowest BCUT2D eigenvalue weighted by molar-refractivity contribution is -0.136. The molecule has 248 valence electrons. The topological polar surface area (TPSA) is 168 Å². The fraction of sp³-hybridized carbons (Fsp3) is 0.188. The van der Waals surface area contributed by atoms with Crippen molar-refractivity contribution in [2.45, 2.75) is 30.2 Å². The molecule has 0 radical (unpaired) electrons. The third kappa shape index (κ3) is 7.99. The van der Waals surface area contributed by atoms with Gasteiger partial charge in [0.05, 0.1) is 28.3 Å². The fourth-order valence-electron chi connectivity index (χ4n) is 4.47. The highest BCUT2D eigenvalue weighted by Crippen LogP contribution is 2.44. The van der Waals surface area contributed by atoms with Crippen molar-refractivity contribution in [3.63, 3.8) is 0 Å². The molecule has 0 amide bonds. The van der Waals surface area contributed by atoms with Crippen LogP contribution in [0, 0.1) is 19.7 Å². The zero-order valence-electron chi connectivity index (χ0n) is 25.5. The molecular formula is C32H31FN2O10S2. The molecule has 4 rings (SSSR count). The summed E-state index contributed by atoms with van der Waals surface area (Å²) in [5.74, 6) is -4.21. The van der Waals surface area contributed by atoms with E-state index in [4.69, 9.17) is 9.47 Å². The van der Waals surface area contributed by atoms with E-state index in [2.05, 4.69) is 0 Å². The first-order chi connectivity index (χ1) is 22.1. The first kappa shape index (κ1) is 34.7. The summed E-state index contributed by atoms with van der Waals surface area (Å²) in [5, 5.41) is 19.5. The summed E-state index contributed by atoms with van der Waals surface area (Å²) in [6.45, 7) is 1.04. The number of benzene rings is 4. The number of ether oxygens (including phenoxy) is 2. The molecule has 0 unspecified atom stereocenters. The normalized spacial score (nSPS) is 11.5. The summed E-state index contributed by atoms with van der Waals surface area (Å²) in [6, 6.07) is 18.6. The minimum absolute atomic E-state index is 0.237. The molecule has 0 atom stereocenters. The molecule has 0 bridgehead atoms. The molecule has 0 heterocycles. The number of rotatable bonds is 14. The lowest BCUT2D eigenvalue weighted by atomic mass is 10.2. The number of aliphatic carboxylic acids is 2. The Morgan fingerprint density at radius 2 is 1.09 bits per heavy atom. The first-order valence-corrected chi connectivity index (χ1v) is 16.7. The predicted molar refractivity (Wildman–Crippen MR) is 170 cm³/mol. The van der Waals surface area contributed by atoms with Crippen LogP contribution < -0.4 is 18.1 Å². The van der Waals surface area contributed by atoms with Gasteiger partial charge in [-0.1, -0.05) is 47.5 Å². The second-order valence-electron chi connectivity index (χ2n) is 10.3. The van der Waals surface area contributed by atoms with Crippen molar-refractivity contribution in [3.05, 3.63) is 107 Å². The summed E-state index contributed by atoms with van der Waals surface area (Å²) in [7, 11) is -8.01. The van der Waals surface area contributed by atoms with E-state index in [1.54, 1.807) is 13.8 Å². The number of halogens is 1. The van der Waals surface area contributed by atoms with Gasteiger partial charge in [0.25, 0.3) is 20.0 Å². The predicted octanol–water partition coefficient (Wildman–Crippen LogP) is 4.59. The summed E-state index contributed by atoms with van der Waals surface area (Å²) >= 11 is 0. The highest BCUT2D eigenvalue weighted by Gasteiger charge is 2.34. The van der Waals surface area contributed by atoms with Gasteiger partial charge < -0.3 is 19.7 Å². The summed E-state index contributed by atoms with van der Waals surface area (Å²) in [5.41, 5.74) is 1.24. The molecule has 0 aromatic heterocycles. The second kappa shape index (κ2) is 14.1. The zero-order valence-corrected chi connectivity index (χ0v) is 27.1. The SMILES string of the molecule is COc1cc(N(CC(=O)O)S(=O)(=O)c2ccc(C)cc2)c(OCc2ccc(F)cc2)cc1N(CC(=O)O)S(=O)(=O)c1ccc(C)cc1. The second-order valence-corrected chi connectivity index (χ2v) is 14.1. The average molecular weight is 687 g/mol. The molecule has 15 heteroatoms. The fourth-order valence-corrected chi connectivity index (χ4v) is 7.30. The van der Waals surface area contributed by atoms with Crippen molar-refractivity contribution in [2.24, 2.45) is 0 Å². The molecular weight excluding hydrogens is 655 g/mol. The number of nitrogens with zero attached hydrogens (tertiary/aromatic N) is 2. The van der Waals surface area contributed by atoms with Gasteiger partial charge >= 0.3 is 11.9 Å². The largest absolute Gasteiger partial charge is 0.494 e. The lowest BCUT2D eigenvalue weighted by Gasteiger charge is -2.29. The van der Waals surface area contributed by atoms with E-state index in [0.29, 0.717) is 14.2 Å². The molecule has 4 aromatic carbocycles. The van der Waals surface area contributed by atoms with Gasteiger partial charge in [0, 0.05) is 12.1 Å². The number of anilines is 2. The molecule has 4 aromatic rings. The molecule has 0 saturated heterocycles. The Labute approximate surface area is 271 Å². The molecule has 0 fully saturated rings. The third-order valence-corrected chi connectivity index (χ3v) is 10.4. The van der Waals surface area contributed by atoms with Crippen molar-refractivity contribution in [1.82, 2.24) is 0 Å². The van der Waals surface area contributed by atoms with Crippen LogP contribution in [0.3, 0.4) is 0 Å². The van der Waals surface area contributed by atoms with E-state index >= 15 is 0 Å². The Balaban J connectivity index is 1.98. The van der Waals surface area contributed by atoms with Crippen molar-refractivity contribution in [1.29, 1.82) is 0 Å². The highest BCUT2D eigenvalue weighted by atomic mass is 32.2. The molecule has 0 saturated carbocycles. The van der Waals surface area contributed by atoms with Crippen LogP contribution in [0.25, 0.3) is 0 Å². The Hall–Kier alpha value is -5.15. The van der Waals surface area contributed by atoms with E-state index in [1.807, 2.05) is 0 Å². The summed E-state index contributed by atoms with van der Waals surface area (Å²) in [4.78, 5) is 23.5. The Kier molecular flexibility index (Phi) is 10.4. The molecule has 0 aliphatic carbocycles. The smallest absolute Gasteiger partial charge is 0.324 e. The van der Waals surface area contributed by atoms with E-state index in [0.717, 1.165) is 30.4 Å². The first-order valence-electron chi connectivity index (χ1n) is 13.8. The zero-order chi connectivity index (χ0) is 34.5. The standard InChI is InChI=1S/C32H31FN2O10S2/c1-21-4-12-25(13-5-21)46(40,41)34(18-31(36)37)27-17-30(45-20-23-8-10-24(33)11-9-23)28(16-29(27)44-3)35(19-32(38)39)47(42,43)26-14-6-22(2)7-15-26/h4-17H,18-20H2,1-3H3,(H,36,37)(H,38,39). The highest BCUT2D eigenvalue weighted by molar-refractivity contribution is 7.93. The van der Waals surface area contributed by atoms with Crippen LogP contribution in [0.1, 0.15) is 16.7 Å². The van der Waals surface area contributed by atoms with Crippen LogP contribution in [-0.2, 0) is 36.2 Å². The van der Waals surface area contributed by atoms with Crippen molar-refractivity contribution in [2.75, 3.05) is 28.8 Å². The quantitative estimate of drug-likeness (QED) is 0.191.